The molecule has 1 unspecified atom stereocenters. The van der Waals surface area contributed by atoms with Crippen LogP contribution in [-0.4, -0.2) is 12.4 Å². The van der Waals surface area contributed by atoms with Crippen LogP contribution in [0.4, 0.5) is 4.39 Å². The average Bonchev–Trinajstić information content (AvgIpc) is 3.03. The van der Waals surface area contributed by atoms with Crippen LogP contribution in [0.2, 0.25) is 0 Å². The van der Waals surface area contributed by atoms with Gasteiger partial charge in [0.25, 0.3) is 0 Å². The molecule has 2 rings (SSSR count). The summed E-state index contributed by atoms with van der Waals surface area (Å²) in [5, 5.41) is 0.906. The first-order valence-corrected chi connectivity index (χ1v) is 6.27. The quantitative estimate of drug-likeness (QED) is 0.760. The molecule has 0 spiro atoms. The molecule has 0 N–H and O–H groups in total. The number of hydrogen-bond donors (Lipinski definition) is 0. The first-order chi connectivity index (χ1) is 7.26. The number of rotatable bonds is 4. The lowest BCUT2D eigenvalue weighted by atomic mass is 9.96. The Balaban J connectivity index is 2.23. The fraction of sp³-hybridized carbons (Fsp3) is 0.500. The standard InChI is InChI=1S/C12H14BrFO/c1-15-12-5-4-9(6-11(12)14)10(7-13)8-2-3-8/h4-6,8,10H,2-3,7H2,1H3. The molecule has 3 heteroatoms. The summed E-state index contributed by atoms with van der Waals surface area (Å²) in [5.41, 5.74) is 1.08. The minimum Gasteiger partial charge on any atom is -0.494 e. The first kappa shape index (κ1) is 10.9. The molecule has 82 valence electrons. The fourth-order valence-electron chi connectivity index (χ4n) is 1.90. The second-order valence-electron chi connectivity index (χ2n) is 3.99. The highest BCUT2D eigenvalue weighted by Crippen LogP contribution is 2.43. The highest BCUT2D eigenvalue weighted by atomic mass is 79.9. The lowest BCUT2D eigenvalue weighted by Gasteiger charge is -2.14. The van der Waals surface area contributed by atoms with Gasteiger partial charge in [0.05, 0.1) is 7.11 Å². The maximum atomic E-state index is 13.5. The number of ether oxygens (including phenoxy) is 1. The number of alkyl halides is 1. The molecule has 0 bridgehead atoms. The summed E-state index contributed by atoms with van der Waals surface area (Å²) < 4.78 is 18.4. The van der Waals surface area contributed by atoms with E-state index >= 15 is 0 Å². The van der Waals surface area contributed by atoms with Gasteiger partial charge in [-0.15, -0.1) is 0 Å². The van der Waals surface area contributed by atoms with Gasteiger partial charge in [-0.1, -0.05) is 22.0 Å². The van der Waals surface area contributed by atoms with Crippen LogP contribution in [-0.2, 0) is 0 Å². The van der Waals surface area contributed by atoms with E-state index in [0.29, 0.717) is 11.7 Å². The molecule has 0 heterocycles. The van der Waals surface area contributed by atoms with Crippen molar-refractivity contribution in [1.29, 1.82) is 0 Å². The van der Waals surface area contributed by atoms with Crippen molar-refractivity contribution in [3.8, 4) is 5.75 Å². The van der Waals surface area contributed by atoms with E-state index in [1.807, 2.05) is 6.07 Å². The molecule has 15 heavy (non-hydrogen) atoms. The van der Waals surface area contributed by atoms with E-state index in [9.17, 15) is 4.39 Å². The fourth-order valence-corrected chi connectivity index (χ4v) is 2.80. The summed E-state index contributed by atoms with van der Waals surface area (Å²) in [7, 11) is 1.49. The molecule has 0 aliphatic heterocycles. The number of halogens is 2. The highest BCUT2D eigenvalue weighted by molar-refractivity contribution is 9.09. The second kappa shape index (κ2) is 4.52. The van der Waals surface area contributed by atoms with Crippen LogP contribution in [0.1, 0.15) is 24.3 Å². The number of hydrogen-bond acceptors (Lipinski definition) is 1. The van der Waals surface area contributed by atoms with Crippen molar-refractivity contribution in [3.63, 3.8) is 0 Å². The summed E-state index contributed by atoms with van der Waals surface area (Å²) in [6.45, 7) is 0. The molecule has 1 fully saturated rings. The summed E-state index contributed by atoms with van der Waals surface area (Å²) in [5.74, 6) is 1.24. The Morgan fingerprint density at radius 2 is 2.27 bits per heavy atom. The van der Waals surface area contributed by atoms with Gasteiger partial charge in [0.1, 0.15) is 0 Å². The van der Waals surface area contributed by atoms with Crippen LogP contribution in [0.3, 0.4) is 0 Å². The van der Waals surface area contributed by atoms with E-state index in [4.69, 9.17) is 4.74 Å². The third kappa shape index (κ3) is 2.33. The minimum atomic E-state index is -0.262. The van der Waals surface area contributed by atoms with Gasteiger partial charge in [-0.05, 0) is 42.4 Å². The molecule has 1 aliphatic rings. The van der Waals surface area contributed by atoms with Crippen LogP contribution < -0.4 is 4.74 Å². The zero-order valence-corrected chi connectivity index (χ0v) is 10.3. The lowest BCUT2D eigenvalue weighted by molar-refractivity contribution is 0.386. The number of benzene rings is 1. The average molecular weight is 273 g/mol. The first-order valence-electron chi connectivity index (χ1n) is 5.15. The Morgan fingerprint density at radius 1 is 1.53 bits per heavy atom. The van der Waals surface area contributed by atoms with Gasteiger partial charge in [-0.2, -0.15) is 0 Å². The summed E-state index contributed by atoms with van der Waals surface area (Å²) in [4.78, 5) is 0. The molecule has 1 saturated carbocycles. The van der Waals surface area contributed by atoms with Gasteiger partial charge in [0.2, 0.25) is 0 Å². The molecule has 1 atom stereocenters. The molecule has 1 nitrogen and oxygen atoms in total. The summed E-state index contributed by atoms with van der Waals surface area (Å²) >= 11 is 3.50. The van der Waals surface area contributed by atoms with Crippen molar-refractivity contribution in [2.75, 3.05) is 12.4 Å². The molecular weight excluding hydrogens is 259 g/mol. The lowest BCUT2D eigenvalue weighted by Crippen LogP contribution is -2.03. The van der Waals surface area contributed by atoms with E-state index in [0.717, 1.165) is 16.8 Å². The van der Waals surface area contributed by atoms with Crippen molar-refractivity contribution in [2.45, 2.75) is 18.8 Å². The topological polar surface area (TPSA) is 9.23 Å². The maximum Gasteiger partial charge on any atom is 0.165 e. The minimum absolute atomic E-state index is 0.262. The molecule has 0 aromatic heterocycles. The van der Waals surface area contributed by atoms with Gasteiger partial charge in [-0.3, -0.25) is 0 Å². The largest absolute Gasteiger partial charge is 0.494 e. The maximum absolute atomic E-state index is 13.5. The van der Waals surface area contributed by atoms with Crippen LogP contribution in [0, 0.1) is 11.7 Å². The van der Waals surface area contributed by atoms with Gasteiger partial charge in [0, 0.05) is 5.33 Å². The normalized spacial score (nSPS) is 17.5. The van der Waals surface area contributed by atoms with Crippen LogP contribution in [0.15, 0.2) is 18.2 Å². The van der Waals surface area contributed by atoms with E-state index in [2.05, 4.69) is 15.9 Å². The van der Waals surface area contributed by atoms with Gasteiger partial charge >= 0.3 is 0 Å². The zero-order chi connectivity index (χ0) is 10.8. The molecule has 0 radical (unpaired) electrons. The van der Waals surface area contributed by atoms with E-state index in [1.165, 1.54) is 20.0 Å². The molecule has 0 saturated heterocycles. The highest BCUT2D eigenvalue weighted by Gasteiger charge is 2.31. The van der Waals surface area contributed by atoms with Crippen molar-refractivity contribution in [2.24, 2.45) is 5.92 Å². The second-order valence-corrected chi connectivity index (χ2v) is 4.64. The van der Waals surface area contributed by atoms with Crippen molar-refractivity contribution in [3.05, 3.63) is 29.6 Å². The third-order valence-corrected chi connectivity index (χ3v) is 3.66. The Labute approximate surface area is 97.8 Å². The Hall–Kier alpha value is -0.570. The van der Waals surface area contributed by atoms with Crippen LogP contribution >= 0.6 is 15.9 Å². The predicted molar refractivity (Wildman–Crippen MR) is 62.2 cm³/mol. The summed E-state index contributed by atoms with van der Waals surface area (Å²) in [6.07, 6.45) is 2.54. The van der Waals surface area contributed by atoms with Crippen LogP contribution in [0.5, 0.6) is 5.75 Å². The monoisotopic (exact) mass is 272 g/mol. The van der Waals surface area contributed by atoms with E-state index < -0.39 is 0 Å². The molecule has 1 aliphatic carbocycles. The molecule has 0 amide bonds. The van der Waals surface area contributed by atoms with Crippen molar-refractivity contribution in [1.82, 2.24) is 0 Å². The third-order valence-electron chi connectivity index (χ3n) is 2.96. The molecule has 1 aromatic rings. The Bertz CT molecular complexity index is 349. The van der Waals surface area contributed by atoms with Gasteiger partial charge < -0.3 is 4.74 Å². The van der Waals surface area contributed by atoms with E-state index in [1.54, 1.807) is 12.1 Å². The van der Waals surface area contributed by atoms with E-state index in [-0.39, 0.29) is 5.82 Å². The van der Waals surface area contributed by atoms with Crippen molar-refractivity contribution < 1.29 is 9.13 Å². The predicted octanol–water partition coefficient (Wildman–Crippen LogP) is 3.72. The Kier molecular flexibility index (Phi) is 3.29. The van der Waals surface area contributed by atoms with Crippen molar-refractivity contribution >= 4 is 15.9 Å². The zero-order valence-electron chi connectivity index (χ0n) is 8.67. The van der Waals surface area contributed by atoms with Gasteiger partial charge in [-0.25, -0.2) is 4.39 Å². The molecule has 1 aromatic carbocycles. The Morgan fingerprint density at radius 3 is 2.73 bits per heavy atom. The summed E-state index contributed by atoms with van der Waals surface area (Å²) in [6, 6.07) is 5.28. The smallest absolute Gasteiger partial charge is 0.165 e. The van der Waals surface area contributed by atoms with Crippen LogP contribution in [0.25, 0.3) is 0 Å². The SMILES string of the molecule is COc1ccc(C(CBr)C2CC2)cc1F. The van der Waals surface area contributed by atoms with Gasteiger partial charge in [0.15, 0.2) is 11.6 Å². The molecular formula is C12H14BrFO. The number of methoxy groups -OCH3 is 1.